The Bertz CT molecular complexity index is 1040. The first-order valence-corrected chi connectivity index (χ1v) is 10.2. The van der Waals surface area contributed by atoms with Crippen molar-refractivity contribution in [3.63, 3.8) is 0 Å². The fourth-order valence-corrected chi connectivity index (χ4v) is 2.85. The summed E-state index contributed by atoms with van der Waals surface area (Å²) >= 11 is 0. The zero-order valence-corrected chi connectivity index (χ0v) is 18.1. The lowest BCUT2D eigenvalue weighted by Gasteiger charge is -2.13. The van der Waals surface area contributed by atoms with E-state index in [2.05, 4.69) is 10.5 Å². The van der Waals surface area contributed by atoms with Gasteiger partial charge in [-0.15, -0.1) is 0 Å². The number of nitrogens with one attached hydrogen (secondary N) is 1. The van der Waals surface area contributed by atoms with Gasteiger partial charge in [0.15, 0.2) is 18.1 Å². The van der Waals surface area contributed by atoms with Crippen LogP contribution in [0.3, 0.4) is 0 Å². The average molecular weight is 434 g/mol. The first-order chi connectivity index (χ1) is 15.7. The maximum Gasteiger partial charge on any atom is 0.262 e. The van der Waals surface area contributed by atoms with E-state index in [-0.39, 0.29) is 12.5 Å². The van der Waals surface area contributed by atoms with E-state index in [1.54, 1.807) is 37.6 Å². The van der Waals surface area contributed by atoms with E-state index < -0.39 is 0 Å². The van der Waals surface area contributed by atoms with Crippen LogP contribution in [0.2, 0.25) is 0 Å². The quantitative estimate of drug-likeness (QED) is 0.351. The minimum Gasteiger partial charge on any atom is -0.495 e. The molecule has 0 aliphatic heterocycles. The SMILES string of the molecule is CCOc1cc(/C=N/OCc2ccccc2)ccc1OCC(=O)Nc1ccccc1OC. The number of para-hydroxylation sites is 2. The van der Waals surface area contributed by atoms with Gasteiger partial charge < -0.3 is 24.4 Å². The minimum atomic E-state index is -0.308. The van der Waals surface area contributed by atoms with Gasteiger partial charge >= 0.3 is 0 Å². The average Bonchev–Trinajstić information content (AvgIpc) is 2.82. The number of amides is 1. The Morgan fingerprint density at radius 1 is 0.938 bits per heavy atom. The number of anilines is 1. The highest BCUT2D eigenvalue weighted by Crippen LogP contribution is 2.28. The molecule has 0 saturated carbocycles. The number of benzene rings is 3. The van der Waals surface area contributed by atoms with E-state index in [1.807, 2.05) is 55.5 Å². The Hall–Kier alpha value is -4.00. The predicted molar refractivity (Wildman–Crippen MR) is 124 cm³/mol. The number of oxime groups is 1. The van der Waals surface area contributed by atoms with Crippen LogP contribution in [0.5, 0.6) is 17.2 Å². The van der Waals surface area contributed by atoms with Gasteiger partial charge in [0.1, 0.15) is 12.4 Å². The van der Waals surface area contributed by atoms with Gasteiger partial charge in [0.2, 0.25) is 0 Å². The van der Waals surface area contributed by atoms with Crippen molar-refractivity contribution < 1.29 is 23.8 Å². The molecule has 0 fully saturated rings. The second-order valence-corrected chi connectivity index (χ2v) is 6.67. The summed E-state index contributed by atoms with van der Waals surface area (Å²) in [5.41, 5.74) is 2.40. The van der Waals surface area contributed by atoms with Gasteiger partial charge in [-0.3, -0.25) is 4.79 Å². The van der Waals surface area contributed by atoms with Crippen LogP contribution >= 0.6 is 0 Å². The molecule has 166 valence electrons. The molecule has 0 aromatic heterocycles. The molecule has 0 unspecified atom stereocenters. The molecule has 7 heteroatoms. The van der Waals surface area contributed by atoms with E-state index in [4.69, 9.17) is 19.0 Å². The summed E-state index contributed by atoms with van der Waals surface area (Å²) in [4.78, 5) is 17.7. The fraction of sp³-hybridized carbons (Fsp3) is 0.200. The highest BCUT2D eigenvalue weighted by Gasteiger charge is 2.11. The number of methoxy groups -OCH3 is 1. The van der Waals surface area contributed by atoms with Crippen molar-refractivity contribution in [2.45, 2.75) is 13.5 Å². The van der Waals surface area contributed by atoms with Gasteiger partial charge in [0.05, 0.1) is 25.6 Å². The first-order valence-electron chi connectivity index (χ1n) is 10.2. The van der Waals surface area contributed by atoms with Gasteiger partial charge in [0, 0.05) is 5.56 Å². The topological polar surface area (TPSA) is 78.4 Å². The van der Waals surface area contributed by atoms with Crippen molar-refractivity contribution in [1.82, 2.24) is 0 Å². The van der Waals surface area contributed by atoms with Crippen molar-refractivity contribution in [2.75, 3.05) is 25.6 Å². The van der Waals surface area contributed by atoms with Crippen LogP contribution in [0.15, 0.2) is 78.0 Å². The summed E-state index contributed by atoms with van der Waals surface area (Å²) in [6.07, 6.45) is 1.60. The summed E-state index contributed by atoms with van der Waals surface area (Å²) in [5.74, 6) is 1.25. The van der Waals surface area contributed by atoms with Crippen LogP contribution in [0.4, 0.5) is 5.69 Å². The number of carbonyl (C=O) groups is 1. The number of nitrogens with zero attached hydrogens (tertiary/aromatic N) is 1. The highest BCUT2D eigenvalue weighted by atomic mass is 16.6. The zero-order valence-electron chi connectivity index (χ0n) is 18.1. The minimum absolute atomic E-state index is 0.175. The van der Waals surface area contributed by atoms with Crippen molar-refractivity contribution >= 4 is 17.8 Å². The highest BCUT2D eigenvalue weighted by molar-refractivity contribution is 5.93. The maximum atomic E-state index is 12.3. The molecular weight excluding hydrogens is 408 g/mol. The molecule has 0 bridgehead atoms. The second kappa shape index (κ2) is 12.0. The summed E-state index contributed by atoms with van der Waals surface area (Å²) in [7, 11) is 1.55. The Morgan fingerprint density at radius 2 is 1.72 bits per heavy atom. The van der Waals surface area contributed by atoms with Gasteiger partial charge in [0.25, 0.3) is 5.91 Å². The van der Waals surface area contributed by atoms with Crippen LogP contribution in [0.25, 0.3) is 0 Å². The third kappa shape index (κ3) is 6.77. The molecule has 7 nitrogen and oxygen atoms in total. The third-order valence-corrected chi connectivity index (χ3v) is 4.36. The molecule has 0 saturated heterocycles. The molecule has 0 heterocycles. The number of hydrogen-bond donors (Lipinski definition) is 1. The first kappa shape index (κ1) is 22.7. The number of ether oxygens (including phenoxy) is 3. The Labute approximate surface area is 187 Å². The van der Waals surface area contributed by atoms with E-state index in [1.165, 1.54) is 0 Å². The normalized spacial score (nSPS) is 10.6. The van der Waals surface area contributed by atoms with E-state index >= 15 is 0 Å². The van der Waals surface area contributed by atoms with E-state index in [9.17, 15) is 4.79 Å². The largest absolute Gasteiger partial charge is 0.495 e. The van der Waals surface area contributed by atoms with Crippen molar-refractivity contribution in [3.8, 4) is 17.2 Å². The van der Waals surface area contributed by atoms with Crippen LogP contribution in [-0.4, -0.2) is 32.4 Å². The van der Waals surface area contributed by atoms with Crippen LogP contribution in [0.1, 0.15) is 18.1 Å². The lowest BCUT2D eigenvalue weighted by atomic mass is 10.2. The molecule has 0 aliphatic carbocycles. The van der Waals surface area contributed by atoms with Crippen molar-refractivity contribution in [2.24, 2.45) is 5.16 Å². The number of rotatable bonds is 11. The molecule has 0 aliphatic rings. The van der Waals surface area contributed by atoms with Gasteiger partial charge in [-0.05, 0) is 42.8 Å². The molecule has 0 radical (unpaired) electrons. The Kier molecular flexibility index (Phi) is 8.50. The number of hydrogen-bond acceptors (Lipinski definition) is 6. The van der Waals surface area contributed by atoms with Crippen LogP contribution in [-0.2, 0) is 16.2 Å². The molecule has 0 spiro atoms. The molecule has 3 rings (SSSR count). The molecule has 3 aromatic carbocycles. The summed E-state index contributed by atoms with van der Waals surface area (Å²) in [5, 5.41) is 6.78. The van der Waals surface area contributed by atoms with E-state index in [0.717, 1.165) is 11.1 Å². The molecule has 0 atom stereocenters. The Morgan fingerprint density at radius 3 is 2.50 bits per heavy atom. The molecule has 3 aromatic rings. The maximum absolute atomic E-state index is 12.3. The monoisotopic (exact) mass is 434 g/mol. The Balaban J connectivity index is 1.57. The van der Waals surface area contributed by atoms with Crippen molar-refractivity contribution in [1.29, 1.82) is 0 Å². The smallest absolute Gasteiger partial charge is 0.262 e. The fourth-order valence-electron chi connectivity index (χ4n) is 2.85. The molecule has 1 amide bonds. The lowest BCUT2D eigenvalue weighted by molar-refractivity contribution is -0.118. The summed E-state index contributed by atoms with van der Waals surface area (Å²) < 4.78 is 16.6. The number of carbonyl (C=O) groups excluding carboxylic acids is 1. The second-order valence-electron chi connectivity index (χ2n) is 6.67. The summed E-state index contributed by atoms with van der Waals surface area (Å²) in [6.45, 7) is 2.54. The van der Waals surface area contributed by atoms with E-state index in [0.29, 0.717) is 36.1 Å². The molecule has 1 N–H and O–H groups in total. The standard InChI is InChI=1S/C25H26N2O5/c1-3-30-24-15-20(16-26-32-17-19-9-5-4-6-10-19)13-14-23(24)31-18-25(28)27-21-11-7-8-12-22(21)29-2/h4-16H,3,17-18H2,1-2H3,(H,27,28)/b26-16+. The zero-order chi connectivity index (χ0) is 22.6. The van der Waals surface area contributed by atoms with Gasteiger partial charge in [-0.2, -0.15) is 0 Å². The van der Waals surface area contributed by atoms with Crippen molar-refractivity contribution in [3.05, 3.63) is 83.9 Å². The third-order valence-electron chi connectivity index (χ3n) is 4.36. The molecule has 32 heavy (non-hydrogen) atoms. The van der Waals surface area contributed by atoms with Crippen LogP contribution in [0, 0.1) is 0 Å². The predicted octanol–water partition coefficient (Wildman–Crippen LogP) is 4.66. The molecular formula is C25H26N2O5. The van der Waals surface area contributed by atoms with Crippen LogP contribution < -0.4 is 19.5 Å². The van der Waals surface area contributed by atoms with Gasteiger partial charge in [-0.1, -0.05) is 47.6 Å². The lowest BCUT2D eigenvalue weighted by Crippen LogP contribution is -2.20. The summed E-state index contributed by atoms with van der Waals surface area (Å²) in [6, 6.07) is 22.3. The van der Waals surface area contributed by atoms with Gasteiger partial charge in [-0.25, -0.2) is 0 Å².